The number of Topliss-reactive ketones (excluding diaryl/α,β-unsaturated/α-hetero) is 1. The Labute approximate surface area is 311 Å². The van der Waals surface area contributed by atoms with E-state index in [4.69, 9.17) is 28.4 Å². The second-order valence-corrected chi connectivity index (χ2v) is 16.9. The number of benzene rings is 1. The Morgan fingerprint density at radius 2 is 1.44 bits per heavy atom. The molecule has 0 aromatic heterocycles. The second-order valence-electron chi connectivity index (χ2n) is 16.9. The molecular weight excluding hydrogens is 664 g/mol. The normalized spacial score (nSPS) is 25.0. The van der Waals surface area contributed by atoms with E-state index in [1.165, 1.54) is 44.9 Å². The van der Waals surface area contributed by atoms with Crippen molar-refractivity contribution in [3.05, 3.63) is 22.3 Å². The van der Waals surface area contributed by atoms with Crippen LogP contribution >= 0.6 is 0 Å². The van der Waals surface area contributed by atoms with E-state index in [0.29, 0.717) is 11.7 Å². The lowest BCUT2D eigenvalue weighted by Crippen LogP contribution is -2.42. The van der Waals surface area contributed by atoms with E-state index in [1.54, 1.807) is 13.8 Å². The van der Waals surface area contributed by atoms with Gasteiger partial charge in [0, 0.05) is 5.56 Å². The number of fused-ring (bicyclic) bond motifs is 1. The summed E-state index contributed by atoms with van der Waals surface area (Å²) < 4.78 is 34.3. The molecular formula is C42H64O10. The van der Waals surface area contributed by atoms with Gasteiger partial charge in [0.15, 0.2) is 11.9 Å². The molecule has 0 aliphatic carbocycles. The Bertz CT molecular complexity index is 1450. The molecule has 52 heavy (non-hydrogen) atoms. The van der Waals surface area contributed by atoms with Crippen LogP contribution in [0.4, 0.5) is 0 Å². The van der Waals surface area contributed by atoms with Crippen molar-refractivity contribution >= 4 is 23.7 Å². The van der Waals surface area contributed by atoms with Gasteiger partial charge in [0.2, 0.25) is 6.10 Å². The first-order chi connectivity index (χ1) is 24.4. The number of carbonyl (C=O) groups is 4. The highest BCUT2D eigenvalue weighted by molar-refractivity contribution is 6.37. The summed E-state index contributed by atoms with van der Waals surface area (Å²) in [6.07, 6.45) is 9.04. The van der Waals surface area contributed by atoms with Crippen molar-refractivity contribution in [3.8, 4) is 11.5 Å². The highest BCUT2D eigenvalue weighted by Gasteiger charge is 2.53. The maximum Gasteiger partial charge on any atom is 0.379 e. The third kappa shape index (κ3) is 11.0. The number of carbonyl (C=O) groups excluding carboxylic acids is 4. The molecule has 292 valence electrons. The number of ether oxygens (including phenoxy) is 6. The van der Waals surface area contributed by atoms with E-state index >= 15 is 0 Å². The van der Waals surface area contributed by atoms with Crippen LogP contribution in [0.15, 0.2) is 0 Å². The Hall–Kier alpha value is -2.98. The van der Waals surface area contributed by atoms with E-state index in [9.17, 15) is 19.2 Å². The first-order valence-corrected chi connectivity index (χ1v) is 19.7. The van der Waals surface area contributed by atoms with Gasteiger partial charge in [-0.05, 0) is 102 Å². The highest BCUT2D eigenvalue weighted by atomic mass is 16.8. The van der Waals surface area contributed by atoms with Gasteiger partial charge in [-0.25, -0.2) is 4.79 Å². The van der Waals surface area contributed by atoms with Gasteiger partial charge in [0.1, 0.15) is 23.2 Å². The molecule has 1 aromatic rings. The standard InChI is InChI=1S/C42H64O10/c1-25(2)14-11-15-26(3)16-12-17-27(4)18-13-22-42(10)23-21-31-30(7)36(28(5)29(6)37(31)52-42)48-33(43)19-20-34(44)49-39-35(45)40(46)50-38(39)32-24-47-41(8,9)51-32/h25-27,32,38-39H,11-24H2,1-10H3. The van der Waals surface area contributed by atoms with Gasteiger partial charge >= 0.3 is 17.9 Å². The molecule has 0 amide bonds. The van der Waals surface area contributed by atoms with Gasteiger partial charge in [-0.15, -0.1) is 0 Å². The van der Waals surface area contributed by atoms with Gasteiger partial charge < -0.3 is 28.4 Å². The summed E-state index contributed by atoms with van der Waals surface area (Å²) in [5, 5.41) is 0. The summed E-state index contributed by atoms with van der Waals surface area (Å²) in [5.41, 5.74) is 3.43. The number of esters is 3. The molecule has 0 radical (unpaired) electrons. The van der Waals surface area contributed by atoms with Crippen molar-refractivity contribution in [1.82, 2.24) is 0 Å². The second kappa shape index (κ2) is 17.9. The largest absolute Gasteiger partial charge is 0.487 e. The molecule has 0 N–H and O–H groups in total. The number of rotatable bonds is 18. The van der Waals surface area contributed by atoms with E-state index in [2.05, 4.69) is 34.6 Å². The Morgan fingerprint density at radius 1 is 0.827 bits per heavy atom. The molecule has 0 spiro atoms. The van der Waals surface area contributed by atoms with Gasteiger partial charge in [0.25, 0.3) is 5.78 Å². The molecule has 1 aromatic carbocycles. The highest BCUT2D eigenvalue weighted by Crippen LogP contribution is 2.45. The molecule has 3 aliphatic rings. The molecule has 0 saturated carbocycles. The van der Waals surface area contributed by atoms with Crippen molar-refractivity contribution in [2.24, 2.45) is 17.8 Å². The fraction of sp³-hybridized carbons (Fsp3) is 0.762. The summed E-state index contributed by atoms with van der Waals surface area (Å²) >= 11 is 0. The molecule has 10 heteroatoms. The van der Waals surface area contributed by atoms with Crippen LogP contribution < -0.4 is 9.47 Å². The maximum atomic E-state index is 13.0. The van der Waals surface area contributed by atoms with Gasteiger partial charge in [0.05, 0.1) is 19.4 Å². The van der Waals surface area contributed by atoms with E-state index < -0.39 is 47.8 Å². The molecule has 3 aliphatic heterocycles. The maximum absolute atomic E-state index is 13.0. The first-order valence-electron chi connectivity index (χ1n) is 19.7. The quantitative estimate of drug-likeness (QED) is 0.0827. The Balaban J connectivity index is 1.25. The number of ketones is 1. The zero-order valence-corrected chi connectivity index (χ0v) is 33.4. The molecule has 2 saturated heterocycles. The van der Waals surface area contributed by atoms with Crippen molar-refractivity contribution in [3.63, 3.8) is 0 Å². The van der Waals surface area contributed by atoms with E-state index in [-0.39, 0.29) is 25.0 Å². The van der Waals surface area contributed by atoms with Crippen molar-refractivity contribution in [2.45, 2.75) is 182 Å². The van der Waals surface area contributed by atoms with Crippen LogP contribution in [0.2, 0.25) is 0 Å². The molecule has 4 rings (SSSR count). The molecule has 6 unspecified atom stereocenters. The van der Waals surface area contributed by atoms with E-state index in [0.717, 1.165) is 65.5 Å². The minimum absolute atomic E-state index is 0.0690. The fourth-order valence-electron chi connectivity index (χ4n) is 7.76. The summed E-state index contributed by atoms with van der Waals surface area (Å²) in [7, 11) is 0. The topological polar surface area (TPSA) is 124 Å². The fourth-order valence-corrected chi connectivity index (χ4v) is 7.76. The van der Waals surface area contributed by atoms with Crippen LogP contribution in [-0.4, -0.2) is 60.0 Å². The van der Waals surface area contributed by atoms with Gasteiger partial charge in [-0.1, -0.05) is 72.6 Å². The van der Waals surface area contributed by atoms with Crippen LogP contribution in [0, 0.1) is 38.5 Å². The molecule has 6 atom stereocenters. The summed E-state index contributed by atoms with van der Waals surface area (Å²) in [6, 6.07) is 0. The van der Waals surface area contributed by atoms with Crippen LogP contribution in [0.5, 0.6) is 11.5 Å². The predicted molar refractivity (Wildman–Crippen MR) is 197 cm³/mol. The lowest BCUT2D eigenvalue weighted by atomic mass is 9.83. The van der Waals surface area contributed by atoms with Crippen LogP contribution in [0.1, 0.15) is 148 Å². The van der Waals surface area contributed by atoms with Crippen molar-refractivity contribution in [1.29, 1.82) is 0 Å². The molecule has 3 heterocycles. The Kier molecular flexibility index (Phi) is 14.4. The Morgan fingerprint density at radius 3 is 2.06 bits per heavy atom. The minimum atomic E-state index is -1.47. The number of hydrogen-bond donors (Lipinski definition) is 0. The lowest BCUT2D eigenvalue weighted by Gasteiger charge is -2.38. The monoisotopic (exact) mass is 728 g/mol. The third-order valence-corrected chi connectivity index (χ3v) is 11.2. The predicted octanol–water partition coefficient (Wildman–Crippen LogP) is 8.38. The SMILES string of the molecule is Cc1c(C)c2c(c(C)c1OC(=O)CCC(=O)OC1C(=O)C(=O)OC1C1COC(C)(C)O1)CCC(C)(CCCC(C)CCCC(C)CCCC(C)C)O2. The lowest BCUT2D eigenvalue weighted by molar-refractivity contribution is -0.173. The van der Waals surface area contributed by atoms with Crippen molar-refractivity contribution < 1.29 is 47.6 Å². The summed E-state index contributed by atoms with van der Waals surface area (Å²) in [6.45, 7) is 20.9. The van der Waals surface area contributed by atoms with Gasteiger partial charge in [-0.3, -0.25) is 14.4 Å². The summed E-state index contributed by atoms with van der Waals surface area (Å²) in [4.78, 5) is 50.2. The average molecular weight is 729 g/mol. The molecule has 10 nitrogen and oxygen atoms in total. The smallest absolute Gasteiger partial charge is 0.379 e. The summed E-state index contributed by atoms with van der Waals surface area (Å²) in [5.74, 6) is -0.723. The van der Waals surface area contributed by atoms with Crippen LogP contribution in [0.3, 0.4) is 0 Å². The van der Waals surface area contributed by atoms with E-state index in [1.807, 2.05) is 20.8 Å². The molecule has 0 bridgehead atoms. The van der Waals surface area contributed by atoms with Gasteiger partial charge in [-0.2, -0.15) is 0 Å². The third-order valence-electron chi connectivity index (χ3n) is 11.2. The zero-order valence-electron chi connectivity index (χ0n) is 33.4. The minimum Gasteiger partial charge on any atom is -0.487 e. The average Bonchev–Trinajstić information content (AvgIpc) is 3.57. The van der Waals surface area contributed by atoms with Crippen LogP contribution in [-0.2, 0) is 44.5 Å². The first kappa shape index (κ1) is 41.8. The molecule has 2 fully saturated rings. The number of hydrogen-bond acceptors (Lipinski definition) is 10. The zero-order chi connectivity index (χ0) is 38.4. The number of cyclic esters (lactones) is 1. The van der Waals surface area contributed by atoms with Crippen LogP contribution in [0.25, 0.3) is 0 Å². The van der Waals surface area contributed by atoms with Crippen molar-refractivity contribution in [2.75, 3.05) is 6.61 Å².